The normalized spacial score (nSPS) is 14.5. The highest BCUT2D eigenvalue weighted by Crippen LogP contribution is 2.54. The van der Waals surface area contributed by atoms with Gasteiger partial charge in [-0.25, -0.2) is 0 Å². The molecule has 1 unspecified atom stereocenters. The van der Waals surface area contributed by atoms with Crippen LogP contribution in [-0.4, -0.2) is 11.1 Å². The minimum absolute atomic E-state index is 0.331. The average molecular weight is 224 g/mol. The van der Waals surface area contributed by atoms with Gasteiger partial charge in [0.25, 0.3) is 0 Å². The van der Waals surface area contributed by atoms with E-state index in [1.807, 2.05) is 37.3 Å². The summed E-state index contributed by atoms with van der Waals surface area (Å²) in [6.45, 7) is 5.74. The maximum absolute atomic E-state index is 11.9. The molecule has 1 N–H and O–H groups in total. The third kappa shape index (κ3) is 3.33. The molecule has 82 valence electrons. The fourth-order valence-corrected chi connectivity index (χ4v) is 2.91. The standard InChI is InChI=1S/C12H17O2P/c1-3-4-10-15(13,14)11(2)12-8-6-5-7-9-12/h5-9H,2-4,10H2,1H3,(H,13,14). The highest BCUT2D eigenvalue weighted by Gasteiger charge is 2.22. The Labute approximate surface area is 91.1 Å². The predicted octanol–water partition coefficient (Wildman–Crippen LogP) is 3.73. The van der Waals surface area contributed by atoms with Crippen molar-refractivity contribution in [3.63, 3.8) is 0 Å². The number of rotatable bonds is 5. The van der Waals surface area contributed by atoms with Crippen molar-refractivity contribution >= 4 is 12.7 Å². The van der Waals surface area contributed by atoms with E-state index in [0.29, 0.717) is 11.5 Å². The quantitative estimate of drug-likeness (QED) is 0.774. The zero-order chi connectivity index (χ0) is 11.3. The van der Waals surface area contributed by atoms with Gasteiger partial charge in [0, 0.05) is 11.5 Å². The van der Waals surface area contributed by atoms with Crippen LogP contribution >= 0.6 is 7.37 Å². The first-order valence-corrected chi connectivity index (χ1v) is 6.99. The molecule has 0 amide bonds. The third-order valence-corrected chi connectivity index (χ3v) is 4.37. The van der Waals surface area contributed by atoms with Crippen LogP contribution < -0.4 is 0 Å². The van der Waals surface area contributed by atoms with Crippen molar-refractivity contribution in [3.05, 3.63) is 42.5 Å². The average Bonchev–Trinajstić information content (AvgIpc) is 2.26. The molecule has 0 aliphatic heterocycles. The highest BCUT2D eigenvalue weighted by atomic mass is 31.2. The molecule has 0 fully saturated rings. The summed E-state index contributed by atoms with van der Waals surface area (Å²) in [5, 5.41) is 0.372. The second-order valence-corrected chi connectivity index (χ2v) is 5.98. The molecular weight excluding hydrogens is 207 g/mol. The summed E-state index contributed by atoms with van der Waals surface area (Å²) < 4.78 is 11.9. The first kappa shape index (κ1) is 12.2. The minimum Gasteiger partial charge on any atom is -0.341 e. The fourth-order valence-electron chi connectivity index (χ4n) is 1.34. The van der Waals surface area contributed by atoms with Gasteiger partial charge < -0.3 is 4.89 Å². The number of unbranched alkanes of at least 4 members (excludes halogenated alkanes) is 1. The predicted molar refractivity (Wildman–Crippen MR) is 65.1 cm³/mol. The molecule has 0 saturated heterocycles. The van der Waals surface area contributed by atoms with Crippen molar-refractivity contribution in [1.29, 1.82) is 0 Å². The molecule has 0 saturated carbocycles. The summed E-state index contributed by atoms with van der Waals surface area (Å²) in [5.74, 6) is 0. The van der Waals surface area contributed by atoms with Crippen molar-refractivity contribution in [2.75, 3.05) is 6.16 Å². The van der Waals surface area contributed by atoms with E-state index in [1.54, 1.807) is 0 Å². The van der Waals surface area contributed by atoms with Gasteiger partial charge in [-0.2, -0.15) is 0 Å². The van der Waals surface area contributed by atoms with Crippen molar-refractivity contribution in [2.45, 2.75) is 19.8 Å². The van der Waals surface area contributed by atoms with Gasteiger partial charge in [0.15, 0.2) is 0 Å². The highest BCUT2D eigenvalue weighted by molar-refractivity contribution is 7.68. The molecule has 0 aliphatic carbocycles. The summed E-state index contributed by atoms with van der Waals surface area (Å²) in [7, 11) is -3.22. The van der Waals surface area contributed by atoms with Crippen molar-refractivity contribution in [2.24, 2.45) is 0 Å². The molecule has 0 heterocycles. The van der Waals surface area contributed by atoms with Gasteiger partial charge in [-0.3, -0.25) is 4.57 Å². The molecule has 0 bridgehead atoms. The SMILES string of the molecule is C=C(c1ccccc1)P(=O)(O)CCCC. The lowest BCUT2D eigenvalue weighted by molar-refractivity contribution is 0.488. The van der Waals surface area contributed by atoms with Gasteiger partial charge in [-0.1, -0.05) is 50.3 Å². The van der Waals surface area contributed by atoms with Crippen LogP contribution in [0.4, 0.5) is 0 Å². The molecule has 0 spiro atoms. The smallest absolute Gasteiger partial charge is 0.229 e. The number of hydrogen-bond donors (Lipinski definition) is 1. The van der Waals surface area contributed by atoms with Gasteiger partial charge in [-0.15, -0.1) is 0 Å². The van der Waals surface area contributed by atoms with Crippen LogP contribution in [0.2, 0.25) is 0 Å². The minimum atomic E-state index is -3.22. The Hall–Kier alpha value is -0.850. The topological polar surface area (TPSA) is 37.3 Å². The van der Waals surface area contributed by atoms with Crippen LogP contribution in [-0.2, 0) is 4.57 Å². The number of benzene rings is 1. The van der Waals surface area contributed by atoms with E-state index >= 15 is 0 Å². The van der Waals surface area contributed by atoms with Gasteiger partial charge in [0.1, 0.15) is 0 Å². The summed E-state index contributed by atoms with van der Waals surface area (Å²) in [6.07, 6.45) is 2.02. The van der Waals surface area contributed by atoms with Crippen LogP contribution in [0.25, 0.3) is 5.31 Å². The maximum atomic E-state index is 11.9. The van der Waals surface area contributed by atoms with E-state index in [-0.39, 0.29) is 0 Å². The lowest BCUT2D eigenvalue weighted by atomic mass is 10.2. The van der Waals surface area contributed by atoms with E-state index in [4.69, 9.17) is 0 Å². The zero-order valence-corrected chi connectivity index (χ0v) is 9.91. The number of hydrogen-bond acceptors (Lipinski definition) is 1. The van der Waals surface area contributed by atoms with Crippen LogP contribution in [0.5, 0.6) is 0 Å². The third-order valence-electron chi connectivity index (χ3n) is 2.34. The Kier molecular flexibility index (Phi) is 4.31. The molecule has 3 heteroatoms. The Morgan fingerprint density at radius 2 is 2.00 bits per heavy atom. The molecule has 1 aromatic rings. The summed E-state index contributed by atoms with van der Waals surface area (Å²) in [5.41, 5.74) is 0.763. The molecule has 0 aliphatic rings. The molecule has 15 heavy (non-hydrogen) atoms. The van der Waals surface area contributed by atoms with Crippen LogP contribution in [0, 0.1) is 0 Å². The lowest BCUT2D eigenvalue weighted by Crippen LogP contribution is -1.91. The summed E-state index contributed by atoms with van der Waals surface area (Å²) in [4.78, 5) is 9.82. The second kappa shape index (κ2) is 5.29. The summed E-state index contributed by atoms with van der Waals surface area (Å²) >= 11 is 0. The van der Waals surface area contributed by atoms with Gasteiger partial charge in [0.05, 0.1) is 0 Å². The van der Waals surface area contributed by atoms with E-state index in [2.05, 4.69) is 6.58 Å². The Morgan fingerprint density at radius 1 is 1.40 bits per heavy atom. The molecule has 0 radical (unpaired) electrons. The van der Waals surface area contributed by atoms with Gasteiger partial charge in [-0.05, 0) is 12.0 Å². The van der Waals surface area contributed by atoms with Gasteiger partial charge >= 0.3 is 0 Å². The van der Waals surface area contributed by atoms with Crippen LogP contribution in [0.1, 0.15) is 25.3 Å². The van der Waals surface area contributed by atoms with E-state index < -0.39 is 7.37 Å². The molecule has 2 nitrogen and oxygen atoms in total. The van der Waals surface area contributed by atoms with Crippen molar-refractivity contribution < 1.29 is 9.46 Å². The summed E-state index contributed by atoms with van der Waals surface area (Å²) in [6, 6.07) is 9.21. The Bertz CT molecular complexity index is 370. The zero-order valence-electron chi connectivity index (χ0n) is 9.02. The largest absolute Gasteiger partial charge is 0.341 e. The van der Waals surface area contributed by atoms with Crippen molar-refractivity contribution in [3.8, 4) is 0 Å². The van der Waals surface area contributed by atoms with E-state index in [0.717, 1.165) is 18.4 Å². The van der Waals surface area contributed by atoms with Gasteiger partial charge in [0.2, 0.25) is 7.37 Å². The fraction of sp³-hybridized carbons (Fsp3) is 0.333. The Morgan fingerprint density at radius 3 is 2.53 bits per heavy atom. The van der Waals surface area contributed by atoms with Crippen LogP contribution in [0.3, 0.4) is 0 Å². The van der Waals surface area contributed by atoms with Crippen molar-refractivity contribution in [1.82, 2.24) is 0 Å². The first-order chi connectivity index (χ1) is 7.08. The Balaban J connectivity index is 2.81. The van der Waals surface area contributed by atoms with E-state index in [1.165, 1.54) is 0 Å². The van der Waals surface area contributed by atoms with Crippen LogP contribution in [0.15, 0.2) is 36.9 Å². The molecule has 0 aromatic heterocycles. The molecule has 1 rings (SSSR count). The molecular formula is C12H17O2P. The first-order valence-electron chi connectivity index (χ1n) is 5.14. The second-order valence-electron chi connectivity index (χ2n) is 3.59. The lowest BCUT2D eigenvalue weighted by Gasteiger charge is -2.13. The molecule has 1 atom stereocenters. The monoisotopic (exact) mass is 224 g/mol. The maximum Gasteiger partial charge on any atom is 0.229 e. The van der Waals surface area contributed by atoms with E-state index in [9.17, 15) is 9.46 Å². The molecule has 1 aromatic carbocycles.